The van der Waals surface area contributed by atoms with E-state index < -0.39 is 0 Å². The van der Waals surface area contributed by atoms with Crippen LogP contribution in [0.4, 0.5) is 0 Å². The third-order valence-corrected chi connectivity index (χ3v) is 5.44. The molecule has 2 amide bonds. The number of likely N-dealkylation sites (tertiary alicyclic amines) is 1. The first kappa shape index (κ1) is 17.7. The van der Waals surface area contributed by atoms with Gasteiger partial charge in [-0.2, -0.15) is 5.10 Å². The summed E-state index contributed by atoms with van der Waals surface area (Å²) in [7, 11) is 0. The van der Waals surface area contributed by atoms with Crippen LogP contribution in [-0.2, 0) is 13.0 Å². The van der Waals surface area contributed by atoms with E-state index in [1.54, 1.807) is 0 Å². The molecule has 1 fully saturated rings. The first-order valence-corrected chi connectivity index (χ1v) is 9.55. The van der Waals surface area contributed by atoms with Gasteiger partial charge in [-0.05, 0) is 31.9 Å². The number of benzene rings is 1. The van der Waals surface area contributed by atoms with Crippen LogP contribution in [0.2, 0.25) is 0 Å². The molecule has 2 aromatic rings. The fraction of sp³-hybridized carbons (Fsp3) is 0.450. The maximum atomic E-state index is 12.6. The van der Waals surface area contributed by atoms with Crippen LogP contribution in [0.1, 0.15) is 50.5 Å². The lowest BCUT2D eigenvalue weighted by atomic mass is 10.0. The van der Waals surface area contributed by atoms with E-state index in [2.05, 4.69) is 20.8 Å². The van der Waals surface area contributed by atoms with Crippen molar-refractivity contribution >= 4 is 11.8 Å². The number of rotatable bonds is 3. The quantitative estimate of drug-likeness (QED) is 0.765. The minimum Gasteiger partial charge on any atom is -0.348 e. The van der Waals surface area contributed by atoms with E-state index in [0.29, 0.717) is 25.3 Å². The van der Waals surface area contributed by atoms with Gasteiger partial charge >= 0.3 is 0 Å². The van der Waals surface area contributed by atoms with Crippen LogP contribution in [-0.4, -0.2) is 52.6 Å². The Hall–Kier alpha value is -2.67. The maximum Gasteiger partial charge on any atom is 0.272 e. The fourth-order valence-corrected chi connectivity index (χ4v) is 3.77. The number of piperidine rings is 1. The zero-order valence-corrected chi connectivity index (χ0v) is 15.5. The van der Waals surface area contributed by atoms with Crippen molar-refractivity contribution in [2.45, 2.75) is 38.8 Å². The van der Waals surface area contributed by atoms with Crippen molar-refractivity contribution in [3.8, 4) is 0 Å². The molecule has 0 aliphatic carbocycles. The van der Waals surface area contributed by atoms with Gasteiger partial charge < -0.3 is 15.5 Å². The van der Waals surface area contributed by atoms with Gasteiger partial charge in [-0.25, -0.2) is 0 Å². The van der Waals surface area contributed by atoms with Crippen molar-refractivity contribution in [3.05, 3.63) is 52.3 Å². The Bertz CT molecular complexity index is 835. The molecule has 2 aliphatic rings. The molecule has 0 spiro atoms. The molecule has 142 valence electrons. The van der Waals surface area contributed by atoms with Gasteiger partial charge in [0.25, 0.3) is 11.8 Å². The third-order valence-electron chi connectivity index (χ3n) is 5.44. The highest BCUT2D eigenvalue weighted by molar-refractivity contribution is 5.95. The van der Waals surface area contributed by atoms with Crippen LogP contribution in [0.15, 0.2) is 24.3 Å². The van der Waals surface area contributed by atoms with E-state index in [9.17, 15) is 9.59 Å². The van der Waals surface area contributed by atoms with Crippen molar-refractivity contribution in [1.82, 2.24) is 25.7 Å². The predicted octanol–water partition coefficient (Wildman–Crippen LogP) is 1.40. The van der Waals surface area contributed by atoms with Crippen molar-refractivity contribution in [2.24, 2.45) is 0 Å². The Morgan fingerprint density at radius 1 is 1.19 bits per heavy atom. The lowest BCUT2D eigenvalue weighted by Crippen LogP contribution is -2.46. The highest BCUT2D eigenvalue weighted by Crippen LogP contribution is 2.18. The van der Waals surface area contributed by atoms with Crippen molar-refractivity contribution in [3.63, 3.8) is 0 Å². The summed E-state index contributed by atoms with van der Waals surface area (Å²) in [5.74, 6) is -0.0632. The molecular formula is C20H25N5O2. The predicted molar refractivity (Wildman–Crippen MR) is 102 cm³/mol. The monoisotopic (exact) mass is 367 g/mol. The van der Waals surface area contributed by atoms with Gasteiger partial charge in [0, 0.05) is 55.5 Å². The minimum atomic E-state index is -0.125. The van der Waals surface area contributed by atoms with Crippen LogP contribution in [0, 0.1) is 6.92 Å². The lowest BCUT2D eigenvalue weighted by Gasteiger charge is -2.32. The number of nitrogens with zero attached hydrogens (tertiary/aromatic N) is 2. The highest BCUT2D eigenvalue weighted by atomic mass is 16.2. The number of nitrogens with one attached hydrogen (secondary N) is 3. The molecule has 0 saturated carbocycles. The molecule has 7 heteroatoms. The first-order valence-electron chi connectivity index (χ1n) is 9.55. The van der Waals surface area contributed by atoms with Gasteiger partial charge in [0.15, 0.2) is 5.69 Å². The van der Waals surface area contributed by atoms with Gasteiger partial charge in [-0.1, -0.05) is 17.7 Å². The largest absolute Gasteiger partial charge is 0.348 e. The van der Waals surface area contributed by atoms with Gasteiger partial charge in [0.1, 0.15) is 0 Å². The topological polar surface area (TPSA) is 90.1 Å². The fourth-order valence-electron chi connectivity index (χ4n) is 3.77. The van der Waals surface area contributed by atoms with Gasteiger partial charge in [0.2, 0.25) is 0 Å². The van der Waals surface area contributed by atoms with E-state index in [1.165, 1.54) is 0 Å². The second-order valence-corrected chi connectivity index (χ2v) is 7.36. The number of H-pyrrole nitrogens is 1. The van der Waals surface area contributed by atoms with Crippen LogP contribution in [0.3, 0.4) is 0 Å². The number of aromatic amines is 1. The van der Waals surface area contributed by atoms with E-state index in [4.69, 9.17) is 0 Å². The van der Waals surface area contributed by atoms with Crippen molar-refractivity contribution in [1.29, 1.82) is 0 Å². The molecule has 4 rings (SSSR count). The summed E-state index contributed by atoms with van der Waals surface area (Å²) < 4.78 is 0. The highest BCUT2D eigenvalue weighted by Gasteiger charge is 2.27. The molecule has 1 aromatic heterocycles. The molecular weight excluding hydrogens is 342 g/mol. The number of hydrogen-bond acceptors (Lipinski definition) is 4. The zero-order valence-electron chi connectivity index (χ0n) is 15.5. The van der Waals surface area contributed by atoms with Crippen LogP contribution in [0.5, 0.6) is 0 Å². The minimum absolute atomic E-state index is 0.0622. The molecule has 0 bridgehead atoms. The molecule has 27 heavy (non-hydrogen) atoms. The van der Waals surface area contributed by atoms with Crippen molar-refractivity contribution in [2.75, 3.05) is 19.6 Å². The molecule has 2 aliphatic heterocycles. The SMILES string of the molecule is Cc1ccc(C(=O)N2CCC(NC(=O)c3n[nH]c4c3CNCC4)CC2)cc1. The molecule has 1 aromatic carbocycles. The van der Waals surface area contributed by atoms with Crippen LogP contribution >= 0.6 is 0 Å². The number of amides is 2. The van der Waals surface area contributed by atoms with E-state index in [1.807, 2.05) is 36.1 Å². The molecule has 7 nitrogen and oxygen atoms in total. The average molecular weight is 367 g/mol. The summed E-state index contributed by atoms with van der Waals surface area (Å²) >= 11 is 0. The summed E-state index contributed by atoms with van der Waals surface area (Å²) in [4.78, 5) is 27.1. The van der Waals surface area contributed by atoms with Gasteiger partial charge in [-0.15, -0.1) is 0 Å². The molecule has 3 N–H and O–H groups in total. The third kappa shape index (κ3) is 3.73. The maximum absolute atomic E-state index is 12.6. The van der Waals surface area contributed by atoms with Crippen LogP contribution < -0.4 is 10.6 Å². The molecule has 3 heterocycles. The summed E-state index contributed by atoms with van der Waals surface area (Å²) in [5.41, 5.74) is 4.39. The molecule has 0 atom stereocenters. The standard InChI is InChI=1S/C20H25N5O2/c1-13-2-4-14(5-3-13)20(27)25-10-7-15(8-11-25)22-19(26)18-16-12-21-9-6-17(16)23-24-18/h2-5,15,21H,6-12H2,1H3,(H,22,26)(H,23,24). The Kier molecular flexibility index (Phi) is 4.94. The van der Waals surface area contributed by atoms with E-state index in [0.717, 1.165) is 48.2 Å². The Labute approximate surface area is 158 Å². The number of carbonyl (C=O) groups is 2. The Balaban J connectivity index is 1.33. The van der Waals surface area contributed by atoms with E-state index in [-0.39, 0.29) is 17.9 Å². The summed E-state index contributed by atoms with van der Waals surface area (Å²) in [5, 5.41) is 13.6. The normalized spacial score (nSPS) is 17.4. The lowest BCUT2D eigenvalue weighted by molar-refractivity contribution is 0.0697. The van der Waals surface area contributed by atoms with Gasteiger partial charge in [0.05, 0.1) is 0 Å². The van der Waals surface area contributed by atoms with Crippen LogP contribution in [0.25, 0.3) is 0 Å². The number of carbonyl (C=O) groups excluding carboxylic acids is 2. The zero-order chi connectivity index (χ0) is 18.8. The Morgan fingerprint density at radius 3 is 2.67 bits per heavy atom. The molecule has 0 unspecified atom stereocenters. The molecule has 0 radical (unpaired) electrons. The second-order valence-electron chi connectivity index (χ2n) is 7.36. The number of aromatic nitrogens is 2. The summed E-state index contributed by atoms with van der Waals surface area (Å²) in [6.07, 6.45) is 2.39. The average Bonchev–Trinajstić information content (AvgIpc) is 3.13. The number of aryl methyl sites for hydroxylation is 1. The van der Waals surface area contributed by atoms with Crippen molar-refractivity contribution < 1.29 is 9.59 Å². The Morgan fingerprint density at radius 2 is 1.93 bits per heavy atom. The first-order chi connectivity index (χ1) is 13.1. The summed E-state index contributed by atoms with van der Waals surface area (Å²) in [6, 6.07) is 7.74. The number of hydrogen-bond donors (Lipinski definition) is 3. The molecule has 1 saturated heterocycles. The van der Waals surface area contributed by atoms with Gasteiger partial charge in [-0.3, -0.25) is 14.7 Å². The summed E-state index contributed by atoms with van der Waals surface area (Å²) in [6.45, 7) is 4.90. The smallest absolute Gasteiger partial charge is 0.272 e. The number of fused-ring (bicyclic) bond motifs is 1. The van der Waals surface area contributed by atoms with E-state index >= 15 is 0 Å². The second kappa shape index (κ2) is 7.52.